The van der Waals surface area contributed by atoms with Gasteiger partial charge in [0, 0.05) is 17.3 Å². The number of aryl methyl sites for hydroxylation is 1. The van der Waals surface area contributed by atoms with Crippen molar-refractivity contribution in [3.63, 3.8) is 0 Å². The van der Waals surface area contributed by atoms with Crippen LogP contribution >= 0.6 is 0 Å². The van der Waals surface area contributed by atoms with Crippen molar-refractivity contribution >= 4 is 5.84 Å². The number of nitrogens with zero attached hydrogens (tertiary/aromatic N) is 1. The Kier molecular flexibility index (Phi) is 4.90. The molecule has 0 atom stereocenters. The van der Waals surface area contributed by atoms with E-state index in [0.29, 0.717) is 24.7 Å². The maximum absolute atomic E-state index is 7.37. The zero-order chi connectivity index (χ0) is 12.8. The van der Waals surface area contributed by atoms with Crippen molar-refractivity contribution in [3.05, 3.63) is 23.4 Å². The number of nitrogen functional groups attached to an aromatic ring is 1. The zero-order valence-electron chi connectivity index (χ0n) is 10.5. The molecule has 1 rings (SSSR count). The van der Waals surface area contributed by atoms with Gasteiger partial charge in [-0.25, -0.2) is 4.98 Å². The van der Waals surface area contributed by atoms with Crippen LogP contribution in [0.15, 0.2) is 12.1 Å². The first-order valence-electron chi connectivity index (χ1n) is 5.56. The lowest BCUT2D eigenvalue weighted by Gasteiger charge is -2.10. The fraction of sp³-hybridized carbons (Fsp3) is 0.500. The van der Waals surface area contributed by atoms with Gasteiger partial charge in [0.1, 0.15) is 12.4 Å². The maximum atomic E-state index is 7.37. The Balaban J connectivity index is 2.56. The summed E-state index contributed by atoms with van der Waals surface area (Å²) in [6.45, 7) is 6.73. The number of pyridine rings is 1. The highest BCUT2D eigenvalue weighted by molar-refractivity contribution is 5.95. The van der Waals surface area contributed by atoms with Crippen LogP contribution in [0.2, 0.25) is 0 Å². The molecule has 3 N–H and O–H groups in total. The lowest BCUT2D eigenvalue weighted by molar-refractivity contribution is 0.0542. The minimum atomic E-state index is 0.0128. The first-order valence-corrected chi connectivity index (χ1v) is 5.56. The third-order valence-electron chi connectivity index (χ3n) is 2.03. The predicted molar refractivity (Wildman–Crippen MR) is 66.6 cm³/mol. The summed E-state index contributed by atoms with van der Waals surface area (Å²) in [5.74, 6) is 0.487. The average Bonchev–Trinajstić information content (AvgIpc) is 2.23. The molecule has 1 heterocycles. The molecule has 0 saturated heterocycles. The van der Waals surface area contributed by atoms with Crippen molar-refractivity contribution < 1.29 is 9.47 Å². The minimum absolute atomic E-state index is 0.0128. The van der Waals surface area contributed by atoms with Crippen molar-refractivity contribution in [2.75, 3.05) is 13.2 Å². The summed E-state index contributed by atoms with van der Waals surface area (Å²) in [4.78, 5) is 4.20. The highest BCUT2D eigenvalue weighted by Gasteiger charge is 2.03. The standard InChI is InChI=1S/C12H19N3O2/c1-8(2)16-4-5-17-11-7-10(12(13)14)6-9(3)15-11/h6-8H,4-5H2,1-3H3,(H3,13,14). The second kappa shape index (κ2) is 6.20. The molecular weight excluding hydrogens is 218 g/mol. The van der Waals surface area contributed by atoms with E-state index in [1.54, 1.807) is 12.1 Å². The number of nitrogens with two attached hydrogens (primary N) is 1. The fourth-order valence-electron chi connectivity index (χ4n) is 1.30. The van der Waals surface area contributed by atoms with E-state index in [1.807, 2.05) is 20.8 Å². The molecule has 5 nitrogen and oxygen atoms in total. The summed E-state index contributed by atoms with van der Waals surface area (Å²) in [7, 11) is 0. The van der Waals surface area contributed by atoms with Gasteiger partial charge < -0.3 is 15.2 Å². The van der Waals surface area contributed by atoms with Crippen LogP contribution in [0.4, 0.5) is 0 Å². The predicted octanol–water partition coefficient (Wildman–Crippen LogP) is 1.48. The van der Waals surface area contributed by atoms with Crippen LogP contribution in [0.5, 0.6) is 5.88 Å². The van der Waals surface area contributed by atoms with Gasteiger partial charge in [-0.2, -0.15) is 0 Å². The first kappa shape index (κ1) is 13.4. The molecule has 1 aromatic heterocycles. The number of amidine groups is 1. The second-order valence-corrected chi connectivity index (χ2v) is 4.02. The zero-order valence-corrected chi connectivity index (χ0v) is 10.5. The minimum Gasteiger partial charge on any atom is -0.475 e. The van der Waals surface area contributed by atoms with E-state index >= 15 is 0 Å². The number of aromatic nitrogens is 1. The van der Waals surface area contributed by atoms with E-state index in [9.17, 15) is 0 Å². The summed E-state index contributed by atoms with van der Waals surface area (Å²) < 4.78 is 10.8. The molecule has 0 spiro atoms. The Morgan fingerprint density at radius 2 is 2.12 bits per heavy atom. The Labute approximate surface area is 101 Å². The molecule has 0 fully saturated rings. The van der Waals surface area contributed by atoms with Crippen LogP contribution in [0.3, 0.4) is 0 Å². The second-order valence-electron chi connectivity index (χ2n) is 4.02. The summed E-state index contributed by atoms with van der Waals surface area (Å²) in [5, 5.41) is 7.37. The number of nitrogens with one attached hydrogen (secondary N) is 1. The number of ether oxygens (including phenoxy) is 2. The number of rotatable bonds is 6. The monoisotopic (exact) mass is 237 g/mol. The molecule has 0 saturated carbocycles. The fourth-order valence-corrected chi connectivity index (χ4v) is 1.30. The third-order valence-corrected chi connectivity index (χ3v) is 2.03. The summed E-state index contributed by atoms with van der Waals surface area (Å²) in [6, 6.07) is 3.41. The summed E-state index contributed by atoms with van der Waals surface area (Å²) >= 11 is 0. The summed E-state index contributed by atoms with van der Waals surface area (Å²) in [5.41, 5.74) is 6.82. The van der Waals surface area contributed by atoms with E-state index in [0.717, 1.165) is 5.69 Å². The summed E-state index contributed by atoms with van der Waals surface area (Å²) in [6.07, 6.45) is 0.192. The smallest absolute Gasteiger partial charge is 0.214 e. The Morgan fingerprint density at radius 1 is 1.41 bits per heavy atom. The highest BCUT2D eigenvalue weighted by atomic mass is 16.5. The van der Waals surface area contributed by atoms with Crippen LogP contribution in [0, 0.1) is 12.3 Å². The Morgan fingerprint density at radius 3 is 2.71 bits per heavy atom. The molecular formula is C12H19N3O2. The molecule has 1 aromatic rings. The molecule has 0 radical (unpaired) electrons. The van der Waals surface area contributed by atoms with Gasteiger partial charge in [0.2, 0.25) is 5.88 Å². The molecule has 0 aromatic carbocycles. The highest BCUT2D eigenvalue weighted by Crippen LogP contribution is 2.11. The van der Waals surface area contributed by atoms with E-state index in [-0.39, 0.29) is 11.9 Å². The van der Waals surface area contributed by atoms with Crippen molar-refractivity contribution in [2.24, 2.45) is 5.73 Å². The molecule has 94 valence electrons. The van der Waals surface area contributed by atoms with Crippen LogP contribution in [-0.2, 0) is 4.74 Å². The Hall–Kier alpha value is -1.62. The molecule has 0 bridgehead atoms. The van der Waals surface area contributed by atoms with E-state index in [1.165, 1.54) is 0 Å². The van der Waals surface area contributed by atoms with Gasteiger partial charge in [0.25, 0.3) is 0 Å². The normalized spacial score (nSPS) is 10.6. The van der Waals surface area contributed by atoms with E-state index in [4.69, 9.17) is 20.6 Å². The quantitative estimate of drug-likeness (QED) is 0.446. The van der Waals surface area contributed by atoms with Crippen LogP contribution in [-0.4, -0.2) is 30.1 Å². The molecule has 0 amide bonds. The van der Waals surface area contributed by atoms with Gasteiger partial charge in [-0.1, -0.05) is 0 Å². The van der Waals surface area contributed by atoms with Crippen LogP contribution < -0.4 is 10.5 Å². The molecule has 0 aliphatic heterocycles. The largest absolute Gasteiger partial charge is 0.475 e. The van der Waals surface area contributed by atoms with Crippen LogP contribution in [0.25, 0.3) is 0 Å². The third kappa shape index (κ3) is 4.82. The number of hydrogen-bond donors (Lipinski definition) is 2. The van der Waals surface area contributed by atoms with Gasteiger partial charge in [-0.15, -0.1) is 0 Å². The van der Waals surface area contributed by atoms with Crippen molar-refractivity contribution in [3.8, 4) is 5.88 Å². The van der Waals surface area contributed by atoms with E-state index in [2.05, 4.69) is 4.98 Å². The van der Waals surface area contributed by atoms with Crippen LogP contribution in [0.1, 0.15) is 25.1 Å². The molecule has 0 aliphatic carbocycles. The lowest BCUT2D eigenvalue weighted by Crippen LogP contribution is -2.14. The van der Waals surface area contributed by atoms with Gasteiger partial charge in [0.15, 0.2) is 0 Å². The molecule has 0 aliphatic rings. The van der Waals surface area contributed by atoms with Crippen molar-refractivity contribution in [1.82, 2.24) is 4.98 Å². The topological polar surface area (TPSA) is 81.2 Å². The van der Waals surface area contributed by atoms with Gasteiger partial charge in [-0.05, 0) is 26.8 Å². The van der Waals surface area contributed by atoms with Gasteiger partial charge in [0.05, 0.1) is 12.7 Å². The van der Waals surface area contributed by atoms with Crippen molar-refractivity contribution in [2.45, 2.75) is 26.9 Å². The molecule has 5 heteroatoms. The Bertz CT molecular complexity index is 391. The average molecular weight is 237 g/mol. The first-order chi connectivity index (χ1) is 7.99. The maximum Gasteiger partial charge on any atom is 0.214 e. The van der Waals surface area contributed by atoms with Gasteiger partial charge >= 0.3 is 0 Å². The lowest BCUT2D eigenvalue weighted by atomic mass is 10.2. The number of hydrogen-bond acceptors (Lipinski definition) is 4. The van der Waals surface area contributed by atoms with Gasteiger partial charge in [-0.3, -0.25) is 5.41 Å². The van der Waals surface area contributed by atoms with Crippen molar-refractivity contribution in [1.29, 1.82) is 5.41 Å². The molecule has 0 unspecified atom stereocenters. The van der Waals surface area contributed by atoms with E-state index < -0.39 is 0 Å². The molecule has 17 heavy (non-hydrogen) atoms. The SMILES string of the molecule is Cc1cc(C(=N)N)cc(OCCOC(C)C)n1.